The highest BCUT2D eigenvalue weighted by molar-refractivity contribution is 5.81. The second kappa shape index (κ2) is 6.29. The highest BCUT2D eigenvalue weighted by Crippen LogP contribution is 1.83. The van der Waals surface area contributed by atoms with Crippen molar-refractivity contribution in [3.8, 4) is 0 Å². The first kappa shape index (κ1) is 9.17. The maximum absolute atomic E-state index is 10.6. The number of carbonyl (C=O) groups excluding carboxylic acids is 1. The van der Waals surface area contributed by atoms with Crippen molar-refractivity contribution in [3.05, 3.63) is 12.2 Å². The summed E-state index contributed by atoms with van der Waals surface area (Å²) in [4.78, 5) is 10.6. The van der Waals surface area contributed by atoms with Crippen molar-refractivity contribution in [2.45, 2.75) is 13.3 Å². The summed E-state index contributed by atoms with van der Waals surface area (Å²) in [6.07, 6.45) is 3.75. The van der Waals surface area contributed by atoms with E-state index in [0.29, 0.717) is 13.2 Å². The van der Waals surface area contributed by atoms with Gasteiger partial charge in [0.25, 0.3) is 0 Å². The van der Waals surface area contributed by atoms with E-state index in [0.717, 1.165) is 6.42 Å². The molecule has 0 radical (unpaired) electrons. The summed E-state index contributed by atoms with van der Waals surface area (Å²) in [5.41, 5.74) is 5.18. The number of ether oxygens (including phenoxy) is 1. The molecule has 0 aliphatic rings. The minimum atomic E-state index is -0.295. The maximum Gasteiger partial charge on any atom is 0.330 e. The first-order valence-electron chi connectivity index (χ1n) is 3.30. The van der Waals surface area contributed by atoms with Gasteiger partial charge in [-0.2, -0.15) is 0 Å². The van der Waals surface area contributed by atoms with Gasteiger partial charge < -0.3 is 10.5 Å². The Labute approximate surface area is 60.9 Å². The predicted molar refractivity (Wildman–Crippen MR) is 39.4 cm³/mol. The molecule has 0 amide bonds. The van der Waals surface area contributed by atoms with Gasteiger partial charge in [0, 0.05) is 6.08 Å². The molecule has 0 fully saturated rings. The van der Waals surface area contributed by atoms with E-state index in [9.17, 15) is 4.79 Å². The maximum atomic E-state index is 10.6. The first-order valence-corrected chi connectivity index (χ1v) is 3.30. The van der Waals surface area contributed by atoms with Crippen molar-refractivity contribution in [1.82, 2.24) is 0 Å². The van der Waals surface area contributed by atoms with Gasteiger partial charge >= 0.3 is 5.97 Å². The molecule has 0 saturated carbocycles. The van der Waals surface area contributed by atoms with Crippen LogP contribution in [0.3, 0.4) is 0 Å². The second-order valence-corrected chi connectivity index (χ2v) is 1.81. The molecule has 0 atom stereocenters. The van der Waals surface area contributed by atoms with Gasteiger partial charge in [-0.15, -0.1) is 0 Å². The molecule has 0 aromatic rings. The van der Waals surface area contributed by atoms with Gasteiger partial charge in [-0.1, -0.05) is 6.08 Å². The van der Waals surface area contributed by atoms with Crippen LogP contribution < -0.4 is 5.73 Å². The van der Waals surface area contributed by atoms with E-state index < -0.39 is 0 Å². The van der Waals surface area contributed by atoms with E-state index in [1.54, 1.807) is 13.0 Å². The molecule has 0 spiro atoms. The zero-order chi connectivity index (χ0) is 7.82. The number of hydrogen-bond donors (Lipinski definition) is 1. The average Bonchev–Trinajstić information content (AvgIpc) is 1.89. The normalized spacial score (nSPS) is 10.2. The zero-order valence-corrected chi connectivity index (χ0v) is 6.17. The van der Waals surface area contributed by atoms with Gasteiger partial charge in [0.15, 0.2) is 0 Å². The summed E-state index contributed by atoms with van der Waals surface area (Å²) < 4.78 is 4.72. The highest BCUT2D eigenvalue weighted by atomic mass is 16.5. The van der Waals surface area contributed by atoms with Crippen LogP contribution in [-0.2, 0) is 9.53 Å². The van der Waals surface area contributed by atoms with Crippen LogP contribution in [0.4, 0.5) is 0 Å². The van der Waals surface area contributed by atoms with Crippen LogP contribution in [0.1, 0.15) is 13.3 Å². The van der Waals surface area contributed by atoms with Gasteiger partial charge in [0.1, 0.15) is 0 Å². The number of esters is 1. The lowest BCUT2D eigenvalue weighted by atomic mass is 10.4. The molecule has 58 valence electrons. The van der Waals surface area contributed by atoms with Gasteiger partial charge in [-0.05, 0) is 19.9 Å². The number of hydrogen-bond acceptors (Lipinski definition) is 3. The second-order valence-electron chi connectivity index (χ2n) is 1.81. The fourth-order valence-corrected chi connectivity index (χ4v) is 0.440. The Morgan fingerprint density at radius 3 is 2.90 bits per heavy atom. The molecule has 0 aromatic heterocycles. The number of carbonyl (C=O) groups is 1. The summed E-state index contributed by atoms with van der Waals surface area (Å²) in [7, 11) is 0. The van der Waals surface area contributed by atoms with Gasteiger partial charge in [0.05, 0.1) is 6.61 Å². The van der Waals surface area contributed by atoms with E-state index in [1.807, 2.05) is 0 Å². The SMILES string of the molecule is C/C=C/C(=O)OCCCN. The Balaban J connectivity index is 3.22. The van der Waals surface area contributed by atoms with Crippen LogP contribution in [-0.4, -0.2) is 19.1 Å². The summed E-state index contributed by atoms with van der Waals surface area (Å²) in [5, 5.41) is 0. The molecule has 2 N–H and O–H groups in total. The third-order valence-electron chi connectivity index (χ3n) is 0.896. The van der Waals surface area contributed by atoms with Gasteiger partial charge in [-0.3, -0.25) is 0 Å². The Morgan fingerprint density at radius 2 is 2.40 bits per heavy atom. The lowest BCUT2D eigenvalue weighted by molar-refractivity contribution is -0.137. The molecule has 0 unspecified atom stereocenters. The molecular weight excluding hydrogens is 130 g/mol. The fraction of sp³-hybridized carbons (Fsp3) is 0.571. The Morgan fingerprint density at radius 1 is 1.70 bits per heavy atom. The van der Waals surface area contributed by atoms with Gasteiger partial charge in [0.2, 0.25) is 0 Å². The minimum Gasteiger partial charge on any atom is -0.462 e. The molecule has 3 heteroatoms. The topological polar surface area (TPSA) is 52.3 Å². The third-order valence-corrected chi connectivity index (χ3v) is 0.896. The minimum absolute atomic E-state index is 0.295. The van der Waals surface area contributed by atoms with E-state index >= 15 is 0 Å². The predicted octanol–water partition coefficient (Wildman–Crippen LogP) is 0.455. The molecule has 0 rings (SSSR count). The zero-order valence-electron chi connectivity index (χ0n) is 6.17. The molecular formula is C7H13NO2. The first-order chi connectivity index (χ1) is 4.81. The van der Waals surface area contributed by atoms with Crippen LogP contribution in [0, 0.1) is 0 Å². The molecule has 0 saturated heterocycles. The molecule has 10 heavy (non-hydrogen) atoms. The Bertz CT molecular complexity index is 121. The lowest BCUT2D eigenvalue weighted by Crippen LogP contribution is -2.07. The summed E-state index contributed by atoms with van der Waals surface area (Å²) >= 11 is 0. The van der Waals surface area contributed by atoms with Gasteiger partial charge in [-0.25, -0.2) is 4.79 Å². The van der Waals surface area contributed by atoms with Crippen LogP contribution in [0.15, 0.2) is 12.2 Å². The van der Waals surface area contributed by atoms with Crippen LogP contribution in [0.5, 0.6) is 0 Å². The van der Waals surface area contributed by atoms with Crippen LogP contribution in [0.25, 0.3) is 0 Å². The summed E-state index contributed by atoms with van der Waals surface area (Å²) in [6.45, 7) is 2.74. The number of rotatable bonds is 4. The smallest absolute Gasteiger partial charge is 0.330 e. The van der Waals surface area contributed by atoms with E-state index in [-0.39, 0.29) is 5.97 Å². The molecule has 0 aliphatic carbocycles. The van der Waals surface area contributed by atoms with Crippen molar-refractivity contribution in [2.75, 3.05) is 13.2 Å². The van der Waals surface area contributed by atoms with E-state index in [1.165, 1.54) is 6.08 Å². The van der Waals surface area contributed by atoms with Crippen LogP contribution in [0.2, 0.25) is 0 Å². The Kier molecular flexibility index (Phi) is 5.77. The van der Waals surface area contributed by atoms with Crippen molar-refractivity contribution < 1.29 is 9.53 Å². The number of allylic oxidation sites excluding steroid dienone is 1. The fourth-order valence-electron chi connectivity index (χ4n) is 0.440. The van der Waals surface area contributed by atoms with E-state index in [4.69, 9.17) is 10.5 Å². The molecule has 0 bridgehead atoms. The van der Waals surface area contributed by atoms with Crippen molar-refractivity contribution in [1.29, 1.82) is 0 Å². The largest absolute Gasteiger partial charge is 0.462 e. The van der Waals surface area contributed by atoms with Crippen molar-refractivity contribution in [2.24, 2.45) is 5.73 Å². The summed E-state index contributed by atoms with van der Waals surface area (Å²) in [6, 6.07) is 0. The van der Waals surface area contributed by atoms with Crippen molar-refractivity contribution in [3.63, 3.8) is 0 Å². The standard InChI is InChI=1S/C7H13NO2/c1-2-4-7(9)10-6-3-5-8/h2,4H,3,5-6,8H2,1H3/b4-2+. The van der Waals surface area contributed by atoms with Crippen LogP contribution >= 0.6 is 0 Å². The quantitative estimate of drug-likeness (QED) is 0.353. The van der Waals surface area contributed by atoms with E-state index in [2.05, 4.69) is 0 Å². The highest BCUT2D eigenvalue weighted by Gasteiger charge is 1.92. The molecule has 0 aliphatic heterocycles. The third kappa shape index (κ3) is 5.31. The number of nitrogens with two attached hydrogens (primary N) is 1. The average molecular weight is 143 g/mol. The molecule has 3 nitrogen and oxygen atoms in total. The summed E-state index contributed by atoms with van der Waals surface area (Å²) in [5.74, 6) is -0.295. The molecule has 0 heterocycles. The monoisotopic (exact) mass is 143 g/mol. The molecule has 0 aromatic carbocycles. The van der Waals surface area contributed by atoms with Crippen molar-refractivity contribution >= 4 is 5.97 Å². The Hall–Kier alpha value is -0.830. The lowest BCUT2D eigenvalue weighted by Gasteiger charge is -1.97.